The molecule has 6 nitrogen and oxygen atoms in total. The Morgan fingerprint density at radius 2 is 1.43 bits per heavy atom. The van der Waals surface area contributed by atoms with Crippen LogP contribution in [0.15, 0.2) is 59.7 Å². The molecule has 0 amide bonds. The summed E-state index contributed by atoms with van der Waals surface area (Å²) in [5.41, 5.74) is -2.86. The minimum absolute atomic E-state index is 0.0124. The Kier molecular flexibility index (Phi) is 8.39. The maximum Gasteiger partial charge on any atom is 0.456 e. The number of rotatable bonds is 3. The molecule has 7 rings (SSSR count). The Morgan fingerprint density at radius 1 is 0.843 bits per heavy atom. The maximum atomic E-state index is 15.4. The van der Waals surface area contributed by atoms with Gasteiger partial charge in [0.05, 0.1) is 24.4 Å². The van der Waals surface area contributed by atoms with Crippen molar-refractivity contribution < 1.29 is 51.5 Å². The predicted octanol–water partition coefficient (Wildman–Crippen LogP) is 8.01. The lowest BCUT2D eigenvalue weighted by Crippen LogP contribution is -2.65. The van der Waals surface area contributed by atoms with Crippen LogP contribution >= 0.6 is 0 Å². The van der Waals surface area contributed by atoms with Gasteiger partial charge >= 0.3 is 18.1 Å². The molecule has 0 unspecified atom stereocenters. The molecule has 1 aliphatic heterocycles. The number of ether oxygens (including phenoxy) is 2. The van der Waals surface area contributed by atoms with Crippen LogP contribution in [0.1, 0.15) is 105 Å². The second kappa shape index (κ2) is 11.9. The first-order valence-electron chi connectivity index (χ1n) is 17.6. The zero-order valence-corrected chi connectivity index (χ0v) is 28.9. The van der Waals surface area contributed by atoms with Crippen LogP contribution in [-0.4, -0.2) is 63.6 Å². The van der Waals surface area contributed by atoms with Crippen LogP contribution in [0.2, 0.25) is 0 Å². The molecule has 1 heterocycles. The highest BCUT2D eigenvalue weighted by atomic mass is 19.4. The average molecular weight is 715 g/mol. The molecule has 1 saturated heterocycles. The van der Waals surface area contributed by atoms with Gasteiger partial charge < -0.3 is 24.8 Å². The second-order valence-electron chi connectivity index (χ2n) is 16.4. The maximum absolute atomic E-state index is 15.4. The summed E-state index contributed by atoms with van der Waals surface area (Å²) in [6, 6.07) is 13.2. The molecule has 2 aromatic rings. The highest BCUT2D eigenvalue weighted by molar-refractivity contribution is 5.87. The van der Waals surface area contributed by atoms with Crippen LogP contribution in [0, 0.1) is 34.5 Å². The van der Waals surface area contributed by atoms with Gasteiger partial charge in [-0.25, -0.2) is 4.79 Å². The first-order valence-corrected chi connectivity index (χ1v) is 17.6. The summed E-state index contributed by atoms with van der Waals surface area (Å²) in [6.45, 7) is 6.42. The van der Waals surface area contributed by atoms with Crippen LogP contribution in [-0.2, 0) is 9.47 Å². The summed E-state index contributed by atoms with van der Waals surface area (Å²) in [5.74, 6) is -2.99. The monoisotopic (exact) mass is 714 g/mol. The van der Waals surface area contributed by atoms with Crippen LogP contribution in [0.3, 0.4) is 0 Å². The van der Waals surface area contributed by atoms with E-state index >= 15 is 8.78 Å². The summed E-state index contributed by atoms with van der Waals surface area (Å²) in [4.78, 5) is 11.2. The summed E-state index contributed by atoms with van der Waals surface area (Å²) >= 11 is 0. The Morgan fingerprint density at radius 3 is 2.00 bits per heavy atom. The molecule has 3 N–H and O–H groups in total. The van der Waals surface area contributed by atoms with Crippen molar-refractivity contribution in [2.75, 3.05) is 13.2 Å². The van der Waals surface area contributed by atoms with Crippen LogP contribution in [0.5, 0.6) is 0 Å². The normalized spacial score (nSPS) is 34.2. The third-order valence-corrected chi connectivity index (χ3v) is 12.7. The topological polar surface area (TPSA) is 96.2 Å². The molecule has 6 atom stereocenters. The van der Waals surface area contributed by atoms with Gasteiger partial charge in [-0.1, -0.05) is 50.3 Å². The molecule has 274 valence electrons. The van der Waals surface area contributed by atoms with Crippen LogP contribution < -0.4 is 0 Å². The third-order valence-electron chi connectivity index (χ3n) is 12.7. The van der Waals surface area contributed by atoms with Gasteiger partial charge in [0.1, 0.15) is 5.60 Å². The smallest absolute Gasteiger partial charge is 0.456 e. The number of aliphatic hydroxyl groups is 2. The molecule has 2 aromatic carbocycles. The number of fused-ring (bicyclic) bond motifs is 4. The van der Waals surface area contributed by atoms with E-state index < -0.39 is 64.6 Å². The molecule has 0 bridgehead atoms. The standard InChI is InChI=1S/C40H43F5O6/c1-34(2)22-50-37(51-23-34)18-15-31-32-28(14-17-36(31,48)21-37)30-16-19-38(49,39(41,42)40(43,44)45)35(30,3)20-29(32)26-10-6-24(7-11-26)4-5-25-8-12-27(13-9-25)33(46)47/h6-13,28-30,48-49H,14-23H2,1-3H3,(H,46,47)/t28-,29+,30-,35-,36+,38-/m0/s1. The number of allylic oxidation sites excluding steroid dienone is 1. The molecule has 11 heteroatoms. The number of carboxylic acids is 1. The molecule has 5 aliphatic rings. The number of carboxylic acid groups (broad SMARTS) is 1. The molecule has 0 aromatic heterocycles. The van der Waals surface area contributed by atoms with Crippen molar-refractivity contribution in [1.29, 1.82) is 0 Å². The van der Waals surface area contributed by atoms with Crippen molar-refractivity contribution >= 4 is 5.97 Å². The van der Waals surface area contributed by atoms with Crippen molar-refractivity contribution in [3.63, 3.8) is 0 Å². The quantitative estimate of drug-likeness (QED) is 0.170. The summed E-state index contributed by atoms with van der Waals surface area (Å²) in [5, 5.41) is 33.1. The number of halogens is 5. The van der Waals surface area contributed by atoms with E-state index in [0.29, 0.717) is 49.2 Å². The first kappa shape index (κ1) is 36.1. The van der Waals surface area contributed by atoms with Crippen molar-refractivity contribution in [1.82, 2.24) is 0 Å². The minimum Gasteiger partial charge on any atom is -0.478 e. The number of hydrogen-bond donors (Lipinski definition) is 3. The molecule has 4 aliphatic carbocycles. The van der Waals surface area contributed by atoms with Crippen molar-refractivity contribution in [2.24, 2.45) is 22.7 Å². The lowest BCUT2D eigenvalue weighted by Gasteiger charge is -2.59. The zero-order valence-electron chi connectivity index (χ0n) is 28.9. The summed E-state index contributed by atoms with van der Waals surface area (Å²) in [6.07, 6.45) is -5.00. The molecule has 51 heavy (non-hydrogen) atoms. The lowest BCUT2D eigenvalue weighted by atomic mass is 9.49. The van der Waals surface area contributed by atoms with E-state index in [0.717, 1.165) is 11.1 Å². The van der Waals surface area contributed by atoms with E-state index in [1.165, 1.54) is 19.1 Å². The molecular formula is C40H43F5O6. The van der Waals surface area contributed by atoms with Crippen molar-refractivity contribution in [3.8, 4) is 11.8 Å². The Balaban J connectivity index is 1.28. The predicted molar refractivity (Wildman–Crippen MR) is 177 cm³/mol. The van der Waals surface area contributed by atoms with E-state index in [1.54, 1.807) is 36.4 Å². The fourth-order valence-corrected chi connectivity index (χ4v) is 9.95. The van der Waals surface area contributed by atoms with E-state index in [2.05, 4.69) is 11.8 Å². The molecule has 1 spiro atoms. The Labute approximate surface area is 294 Å². The van der Waals surface area contributed by atoms with Gasteiger partial charge in [-0.2, -0.15) is 22.0 Å². The lowest BCUT2D eigenvalue weighted by molar-refractivity contribution is -0.362. The molecule has 3 saturated carbocycles. The fourth-order valence-electron chi connectivity index (χ4n) is 9.95. The zero-order chi connectivity index (χ0) is 36.8. The highest BCUT2D eigenvalue weighted by Gasteiger charge is 2.79. The number of alkyl halides is 5. The minimum atomic E-state index is -5.93. The number of carbonyl (C=O) groups is 1. The van der Waals surface area contributed by atoms with Crippen molar-refractivity contribution in [2.45, 2.75) is 107 Å². The van der Waals surface area contributed by atoms with E-state index in [4.69, 9.17) is 14.6 Å². The largest absolute Gasteiger partial charge is 0.478 e. The average Bonchev–Trinajstić information content (AvgIpc) is 3.35. The first-order chi connectivity index (χ1) is 23.7. The molecule has 4 fully saturated rings. The van der Waals surface area contributed by atoms with Gasteiger partial charge in [0.15, 0.2) is 5.79 Å². The van der Waals surface area contributed by atoms with Gasteiger partial charge in [-0.15, -0.1) is 0 Å². The van der Waals surface area contributed by atoms with E-state index in [-0.39, 0.29) is 36.7 Å². The van der Waals surface area contributed by atoms with Crippen molar-refractivity contribution in [3.05, 3.63) is 81.9 Å². The summed E-state index contributed by atoms with van der Waals surface area (Å²) in [7, 11) is 0. The number of benzene rings is 2. The molecule has 0 radical (unpaired) electrons. The Hall–Kier alpha value is -3.30. The van der Waals surface area contributed by atoms with Gasteiger partial charge in [0.2, 0.25) is 0 Å². The SMILES string of the molecule is CC1(C)COC2(CCC3=C4[C@@H](CC[C@@]3(O)C2)[C@@H]2CC[C@@](O)(C(F)(F)C(F)(F)F)[C@@]2(C)C[C@@H]4c2ccc(C#Cc3ccc(C(=O)O)cc3)cc2)OC1. The highest BCUT2D eigenvalue weighted by Crippen LogP contribution is 2.71. The fraction of sp³-hybridized carbons (Fsp3) is 0.575. The van der Waals surface area contributed by atoms with Gasteiger partial charge in [0.25, 0.3) is 0 Å². The second-order valence-corrected chi connectivity index (χ2v) is 16.4. The molecular weight excluding hydrogens is 671 g/mol. The van der Waals surface area contributed by atoms with E-state index in [9.17, 15) is 28.2 Å². The number of hydrogen-bond acceptors (Lipinski definition) is 5. The van der Waals surface area contributed by atoms with Gasteiger partial charge in [0, 0.05) is 40.7 Å². The summed E-state index contributed by atoms with van der Waals surface area (Å²) < 4.78 is 85.4. The van der Waals surface area contributed by atoms with Crippen LogP contribution in [0.25, 0.3) is 0 Å². The van der Waals surface area contributed by atoms with Crippen LogP contribution in [0.4, 0.5) is 22.0 Å². The third kappa shape index (κ3) is 5.72. The van der Waals surface area contributed by atoms with E-state index in [1.807, 2.05) is 13.8 Å². The van der Waals surface area contributed by atoms with Gasteiger partial charge in [-0.05, 0) is 97.9 Å². The Bertz CT molecular complexity index is 1790. The number of aromatic carboxylic acids is 1. The van der Waals surface area contributed by atoms with Gasteiger partial charge in [-0.3, -0.25) is 0 Å².